The largest absolute Gasteiger partial charge is 0.495 e. The van der Waals surface area contributed by atoms with Crippen LogP contribution in [0.4, 0.5) is 11.4 Å². The standard InChI is InChI=1S/C23H22Cl2N2O4S/c1-15-7-10-17(11-8-15)32(29,30)27(20-13-16(2)9-12-21(20)31-3)14-22(28)26-19-6-4-5-18(24)23(19)25/h4-13H,14H2,1-3H3,(H,26,28). The Labute approximate surface area is 197 Å². The van der Waals surface area contributed by atoms with Crippen LogP contribution < -0.4 is 14.4 Å². The fraction of sp³-hybridized carbons (Fsp3) is 0.174. The van der Waals surface area contributed by atoms with Gasteiger partial charge in [-0.05, 0) is 55.8 Å². The highest BCUT2D eigenvalue weighted by molar-refractivity contribution is 7.92. The number of amides is 1. The Hall–Kier alpha value is -2.74. The van der Waals surface area contributed by atoms with Crippen LogP contribution in [0.2, 0.25) is 10.0 Å². The fourth-order valence-electron chi connectivity index (χ4n) is 3.05. The number of sulfonamides is 1. The van der Waals surface area contributed by atoms with Gasteiger partial charge in [-0.2, -0.15) is 0 Å². The zero-order chi connectivity index (χ0) is 23.5. The molecule has 0 fully saturated rings. The van der Waals surface area contributed by atoms with Gasteiger partial charge in [-0.15, -0.1) is 0 Å². The van der Waals surface area contributed by atoms with E-state index in [9.17, 15) is 13.2 Å². The molecule has 0 saturated heterocycles. The number of nitrogens with zero attached hydrogens (tertiary/aromatic N) is 1. The van der Waals surface area contributed by atoms with Crippen molar-refractivity contribution in [1.82, 2.24) is 0 Å². The van der Waals surface area contributed by atoms with Gasteiger partial charge in [0.2, 0.25) is 5.91 Å². The second kappa shape index (κ2) is 9.81. The lowest BCUT2D eigenvalue weighted by atomic mass is 10.2. The van der Waals surface area contributed by atoms with Gasteiger partial charge in [0.1, 0.15) is 12.3 Å². The van der Waals surface area contributed by atoms with E-state index >= 15 is 0 Å². The Morgan fingerprint density at radius 3 is 2.31 bits per heavy atom. The summed E-state index contributed by atoms with van der Waals surface area (Å²) in [4.78, 5) is 13.0. The molecule has 0 atom stereocenters. The highest BCUT2D eigenvalue weighted by atomic mass is 35.5. The molecule has 6 nitrogen and oxygen atoms in total. The van der Waals surface area contributed by atoms with E-state index in [-0.39, 0.29) is 26.3 Å². The van der Waals surface area contributed by atoms with Crippen LogP contribution in [0.5, 0.6) is 5.75 Å². The van der Waals surface area contributed by atoms with Gasteiger partial charge in [0.05, 0.1) is 33.4 Å². The lowest BCUT2D eigenvalue weighted by Crippen LogP contribution is -2.38. The Morgan fingerprint density at radius 2 is 1.66 bits per heavy atom. The van der Waals surface area contributed by atoms with Crippen LogP contribution in [0.25, 0.3) is 0 Å². The monoisotopic (exact) mass is 492 g/mol. The maximum atomic E-state index is 13.6. The quantitative estimate of drug-likeness (QED) is 0.475. The minimum Gasteiger partial charge on any atom is -0.495 e. The molecule has 1 N–H and O–H groups in total. The normalized spacial score (nSPS) is 11.2. The Kier molecular flexibility index (Phi) is 7.33. The van der Waals surface area contributed by atoms with Crippen molar-refractivity contribution in [3.8, 4) is 5.75 Å². The molecular weight excluding hydrogens is 471 g/mol. The van der Waals surface area contributed by atoms with Crippen LogP contribution in [0.3, 0.4) is 0 Å². The molecule has 32 heavy (non-hydrogen) atoms. The minimum absolute atomic E-state index is 0.0558. The molecule has 1 amide bonds. The summed E-state index contributed by atoms with van der Waals surface area (Å²) in [6, 6.07) is 16.3. The Morgan fingerprint density at radius 1 is 1.00 bits per heavy atom. The average molecular weight is 493 g/mol. The van der Waals surface area contributed by atoms with E-state index in [1.165, 1.54) is 19.2 Å². The number of ether oxygens (including phenoxy) is 1. The van der Waals surface area contributed by atoms with E-state index in [4.69, 9.17) is 27.9 Å². The SMILES string of the molecule is COc1ccc(C)cc1N(CC(=O)Nc1cccc(Cl)c1Cl)S(=O)(=O)c1ccc(C)cc1. The van der Waals surface area contributed by atoms with Gasteiger partial charge in [-0.1, -0.05) is 53.0 Å². The topological polar surface area (TPSA) is 75.7 Å². The van der Waals surface area contributed by atoms with Gasteiger partial charge < -0.3 is 10.1 Å². The molecule has 9 heteroatoms. The number of carbonyl (C=O) groups excluding carboxylic acids is 1. The third-order valence-electron chi connectivity index (χ3n) is 4.72. The first kappa shape index (κ1) is 23.9. The lowest BCUT2D eigenvalue weighted by Gasteiger charge is -2.26. The van der Waals surface area contributed by atoms with Crippen LogP contribution in [-0.2, 0) is 14.8 Å². The molecule has 0 heterocycles. The summed E-state index contributed by atoms with van der Waals surface area (Å²) in [6.07, 6.45) is 0. The molecule has 3 aromatic carbocycles. The van der Waals surface area contributed by atoms with E-state index in [0.717, 1.165) is 15.4 Å². The van der Waals surface area contributed by atoms with Gasteiger partial charge >= 0.3 is 0 Å². The van der Waals surface area contributed by atoms with Crippen molar-refractivity contribution < 1.29 is 17.9 Å². The zero-order valence-corrected chi connectivity index (χ0v) is 20.1. The number of halogens is 2. The first-order valence-electron chi connectivity index (χ1n) is 9.61. The highest BCUT2D eigenvalue weighted by Gasteiger charge is 2.30. The van der Waals surface area contributed by atoms with Gasteiger partial charge in [-0.25, -0.2) is 8.42 Å². The number of anilines is 2. The van der Waals surface area contributed by atoms with Crippen LogP contribution in [0, 0.1) is 13.8 Å². The number of aryl methyl sites for hydroxylation is 2. The fourth-order valence-corrected chi connectivity index (χ4v) is 4.82. The van der Waals surface area contributed by atoms with Crippen LogP contribution >= 0.6 is 23.2 Å². The molecule has 0 bridgehead atoms. The van der Waals surface area contributed by atoms with Crippen LogP contribution in [0.15, 0.2) is 65.6 Å². The summed E-state index contributed by atoms with van der Waals surface area (Å²) < 4.78 is 33.6. The first-order chi connectivity index (χ1) is 15.1. The molecule has 0 aliphatic carbocycles. The number of benzene rings is 3. The summed E-state index contributed by atoms with van der Waals surface area (Å²) in [5, 5.41) is 3.08. The maximum absolute atomic E-state index is 13.6. The van der Waals surface area contributed by atoms with E-state index in [1.54, 1.807) is 48.5 Å². The summed E-state index contributed by atoms with van der Waals surface area (Å²) in [5.74, 6) is -0.270. The molecule has 3 rings (SSSR count). The zero-order valence-electron chi connectivity index (χ0n) is 17.7. The number of methoxy groups -OCH3 is 1. The van der Waals surface area contributed by atoms with E-state index in [2.05, 4.69) is 5.32 Å². The number of carbonyl (C=O) groups is 1. The van der Waals surface area contributed by atoms with Crippen molar-refractivity contribution in [3.05, 3.63) is 81.8 Å². The minimum atomic E-state index is -4.09. The van der Waals surface area contributed by atoms with Gasteiger partial charge in [0.15, 0.2) is 0 Å². The Bertz CT molecular complexity index is 1250. The van der Waals surface area contributed by atoms with Gasteiger partial charge in [-0.3, -0.25) is 9.10 Å². The van der Waals surface area contributed by atoms with E-state index in [0.29, 0.717) is 5.75 Å². The van der Waals surface area contributed by atoms with Crippen molar-refractivity contribution in [3.63, 3.8) is 0 Å². The second-order valence-corrected chi connectivity index (χ2v) is 9.80. The van der Waals surface area contributed by atoms with Crippen molar-refractivity contribution in [2.24, 2.45) is 0 Å². The second-order valence-electron chi connectivity index (χ2n) is 7.15. The number of nitrogens with one attached hydrogen (secondary N) is 1. The number of rotatable bonds is 7. The summed E-state index contributed by atoms with van der Waals surface area (Å²) in [6.45, 7) is 3.18. The molecule has 0 aromatic heterocycles. The smallest absolute Gasteiger partial charge is 0.264 e. The maximum Gasteiger partial charge on any atom is 0.264 e. The molecule has 0 spiro atoms. The summed E-state index contributed by atoms with van der Waals surface area (Å²) in [7, 11) is -2.65. The Balaban J connectivity index is 2.05. The van der Waals surface area contributed by atoms with Gasteiger partial charge in [0.25, 0.3) is 10.0 Å². The number of hydrogen-bond donors (Lipinski definition) is 1. The molecule has 0 radical (unpaired) electrons. The van der Waals surface area contributed by atoms with Crippen LogP contribution in [0.1, 0.15) is 11.1 Å². The lowest BCUT2D eigenvalue weighted by molar-refractivity contribution is -0.114. The number of hydrogen-bond acceptors (Lipinski definition) is 4. The van der Waals surface area contributed by atoms with Crippen molar-refractivity contribution in [2.45, 2.75) is 18.7 Å². The molecule has 0 aliphatic rings. The van der Waals surface area contributed by atoms with Crippen molar-refractivity contribution in [1.29, 1.82) is 0 Å². The molecule has 0 unspecified atom stereocenters. The third-order valence-corrected chi connectivity index (χ3v) is 7.32. The molecule has 168 valence electrons. The summed E-state index contributed by atoms with van der Waals surface area (Å²) in [5.41, 5.74) is 2.26. The molecular formula is C23H22Cl2N2O4S. The van der Waals surface area contributed by atoms with Crippen molar-refractivity contribution in [2.75, 3.05) is 23.3 Å². The summed E-state index contributed by atoms with van der Waals surface area (Å²) >= 11 is 12.2. The predicted octanol–water partition coefficient (Wildman–Crippen LogP) is 5.45. The highest BCUT2D eigenvalue weighted by Crippen LogP contribution is 2.34. The molecule has 3 aromatic rings. The third kappa shape index (κ3) is 5.18. The van der Waals surface area contributed by atoms with E-state index in [1.807, 2.05) is 13.8 Å². The van der Waals surface area contributed by atoms with Crippen LogP contribution in [-0.4, -0.2) is 28.0 Å². The predicted molar refractivity (Wildman–Crippen MR) is 129 cm³/mol. The van der Waals surface area contributed by atoms with Crippen molar-refractivity contribution >= 4 is 50.5 Å². The van der Waals surface area contributed by atoms with E-state index < -0.39 is 22.5 Å². The molecule has 0 saturated carbocycles. The van der Waals surface area contributed by atoms with Gasteiger partial charge in [0, 0.05) is 0 Å². The average Bonchev–Trinajstić information content (AvgIpc) is 2.75. The first-order valence-corrected chi connectivity index (χ1v) is 11.8. The molecule has 0 aliphatic heterocycles.